The van der Waals surface area contributed by atoms with Gasteiger partial charge in [-0.1, -0.05) is 27.3 Å². The van der Waals surface area contributed by atoms with Gasteiger partial charge in [0.15, 0.2) is 5.13 Å². The van der Waals surface area contributed by atoms with Crippen molar-refractivity contribution in [3.8, 4) is 0 Å². The number of morpholine rings is 1. The Morgan fingerprint density at radius 2 is 1.89 bits per heavy atom. The number of nitrogens with zero attached hydrogens (tertiary/aromatic N) is 3. The van der Waals surface area contributed by atoms with E-state index in [-0.39, 0.29) is 29.1 Å². The largest absolute Gasteiger partial charge is 0.376 e. The molecule has 0 bridgehead atoms. The Morgan fingerprint density at radius 3 is 2.56 bits per heavy atom. The van der Waals surface area contributed by atoms with E-state index in [0.717, 1.165) is 27.5 Å². The summed E-state index contributed by atoms with van der Waals surface area (Å²) < 4.78 is 41.3. The van der Waals surface area contributed by atoms with E-state index in [9.17, 15) is 13.2 Å². The summed E-state index contributed by atoms with van der Waals surface area (Å²) in [5, 5.41) is 0.594. The van der Waals surface area contributed by atoms with E-state index in [1.807, 2.05) is 32.0 Å². The lowest BCUT2D eigenvalue weighted by Crippen LogP contribution is -2.48. The lowest BCUT2D eigenvalue weighted by molar-refractivity contribution is -0.0440. The first-order valence-corrected chi connectivity index (χ1v) is 15.0. The number of hydrogen-bond donors (Lipinski definition) is 0. The van der Waals surface area contributed by atoms with Crippen molar-refractivity contribution in [1.82, 2.24) is 9.29 Å². The van der Waals surface area contributed by atoms with E-state index in [4.69, 9.17) is 14.5 Å². The Kier molecular flexibility index (Phi) is 7.49. The quantitative estimate of drug-likeness (QED) is 0.412. The molecule has 1 amide bonds. The maximum absolute atomic E-state index is 13.7. The molecule has 3 aromatic rings. The first-order chi connectivity index (χ1) is 17.2. The molecule has 3 unspecified atom stereocenters. The van der Waals surface area contributed by atoms with Crippen molar-refractivity contribution >= 4 is 58.5 Å². The summed E-state index contributed by atoms with van der Waals surface area (Å²) in [7, 11) is -3.69. The van der Waals surface area contributed by atoms with Crippen LogP contribution in [0.1, 0.15) is 37.0 Å². The summed E-state index contributed by atoms with van der Waals surface area (Å²) in [6.07, 6.45) is 1.44. The molecule has 5 rings (SSSR count). The van der Waals surface area contributed by atoms with Crippen LogP contribution >= 0.6 is 27.3 Å². The molecule has 0 saturated carbocycles. The number of thiazole rings is 1. The zero-order chi connectivity index (χ0) is 25.4. The summed E-state index contributed by atoms with van der Waals surface area (Å²) in [5.41, 5.74) is 1.22. The molecule has 192 valence electrons. The SMILES string of the molecule is CC1CN(S(=O)(=O)c2ccc(C(=O)N(CC3CCCO3)c3nc4ccc(Br)cc4s3)cc2)CC(C)O1. The molecule has 3 heterocycles. The molecule has 0 spiro atoms. The number of hydrogen-bond acceptors (Lipinski definition) is 7. The van der Waals surface area contributed by atoms with Crippen LogP contribution < -0.4 is 4.90 Å². The van der Waals surface area contributed by atoms with Gasteiger partial charge in [-0.05, 0) is 69.2 Å². The van der Waals surface area contributed by atoms with Crippen LogP contribution in [0.15, 0.2) is 51.8 Å². The molecule has 2 aliphatic rings. The highest BCUT2D eigenvalue weighted by Gasteiger charge is 2.33. The maximum atomic E-state index is 13.7. The second-order valence-corrected chi connectivity index (χ2v) is 13.1. The fraction of sp³-hybridized carbons (Fsp3) is 0.440. The van der Waals surface area contributed by atoms with Crippen molar-refractivity contribution in [3.63, 3.8) is 0 Å². The Labute approximate surface area is 223 Å². The highest BCUT2D eigenvalue weighted by molar-refractivity contribution is 9.10. The third-order valence-corrected chi connectivity index (χ3v) is 9.73. The third kappa shape index (κ3) is 5.36. The number of halogens is 1. The fourth-order valence-electron chi connectivity index (χ4n) is 4.64. The van der Waals surface area contributed by atoms with Gasteiger partial charge in [-0.2, -0.15) is 4.31 Å². The van der Waals surface area contributed by atoms with Crippen LogP contribution in [-0.4, -0.2) is 68.2 Å². The second-order valence-electron chi connectivity index (χ2n) is 9.26. The van der Waals surface area contributed by atoms with Crippen LogP contribution in [-0.2, 0) is 19.5 Å². The van der Waals surface area contributed by atoms with Crippen molar-refractivity contribution < 1.29 is 22.7 Å². The molecular formula is C25H28BrN3O5S2. The number of carbonyl (C=O) groups is 1. The summed E-state index contributed by atoms with van der Waals surface area (Å²) >= 11 is 4.94. The summed E-state index contributed by atoms with van der Waals surface area (Å²) in [6.45, 7) is 5.41. The highest BCUT2D eigenvalue weighted by Crippen LogP contribution is 2.33. The average molecular weight is 595 g/mol. The second kappa shape index (κ2) is 10.5. The molecule has 2 aliphatic heterocycles. The van der Waals surface area contributed by atoms with Crippen LogP contribution in [0.5, 0.6) is 0 Å². The van der Waals surface area contributed by atoms with Crippen LogP contribution in [0.3, 0.4) is 0 Å². The van der Waals surface area contributed by atoms with Gasteiger partial charge in [-0.25, -0.2) is 13.4 Å². The number of aromatic nitrogens is 1. The number of rotatable bonds is 6. The lowest BCUT2D eigenvalue weighted by Gasteiger charge is -2.34. The van der Waals surface area contributed by atoms with Crippen molar-refractivity contribution in [3.05, 3.63) is 52.5 Å². The number of fused-ring (bicyclic) bond motifs is 1. The van der Waals surface area contributed by atoms with Gasteiger partial charge < -0.3 is 9.47 Å². The molecule has 11 heteroatoms. The van der Waals surface area contributed by atoms with Gasteiger partial charge in [0.25, 0.3) is 5.91 Å². The van der Waals surface area contributed by atoms with Gasteiger partial charge in [0.1, 0.15) is 0 Å². The molecule has 0 radical (unpaired) electrons. The standard InChI is InChI=1S/C25H28BrN3O5S2/c1-16-13-28(14-17(2)34-16)36(31,32)21-8-5-18(6-9-21)24(30)29(15-20-4-3-11-33-20)25-27-22-10-7-19(26)12-23(22)35-25/h5-10,12,16-17,20H,3-4,11,13-15H2,1-2H3. The minimum Gasteiger partial charge on any atom is -0.376 e. The smallest absolute Gasteiger partial charge is 0.260 e. The van der Waals surface area contributed by atoms with Gasteiger partial charge in [-0.15, -0.1) is 0 Å². The molecule has 0 N–H and O–H groups in total. The number of sulfonamides is 1. The van der Waals surface area contributed by atoms with Gasteiger partial charge in [0.05, 0.1) is 40.0 Å². The minimum atomic E-state index is -3.69. The minimum absolute atomic E-state index is 0.0577. The van der Waals surface area contributed by atoms with E-state index in [1.165, 1.54) is 27.8 Å². The molecule has 8 nitrogen and oxygen atoms in total. The van der Waals surface area contributed by atoms with Gasteiger partial charge >= 0.3 is 0 Å². The number of amides is 1. The zero-order valence-electron chi connectivity index (χ0n) is 20.1. The number of anilines is 1. The van der Waals surface area contributed by atoms with Gasteiger partial charge in [-0.3, -0.25) is 9.69 Å². The van der Waals surface area contributed by atoms with Crippen molar-refractivity contribution in [2.45, 2.75) is 49.9 Å². The Hall–Kier alpha value is -1.89. The first kappa shape index (κ1) is 25.7. The topological polar surface area (TPSA) is 89.0 Å². The molecule has 2 fully saturated rings. The van der Waals surface area contributed by atoms with E-state index >= 15 is 0 Å². The van der Waals surface area contributed by atoms with Crippen molar-refractivity contribution in [1.29, 1.82) is 0 Å². The van der Waals surface area contributed by atoms with Gasteiger partial charge in [0, 0.05) is 29.7 Å². The lowest BCUT2D eigenvalue weighted by atomic mass is 10.2. The normalized spacial score (nSPS) is 23.2. The predicted molar refractivity (Wildman–Crippen MR) is 143 cm³/mol. The highest BCUT2D eigenvalue weighted by atomic mass is 79.9. The van der Waals surface area contributed by atoms with Crippen LogP contribution in [0.25, 0.3) is 10.2 Å². The Bertz CT molecular complexity index is 1350. The van der Waals surface area contributed by atoms with E-state index in [0.29, 0.717) is 36.9 Å². The molecule has 3 atom stereocenters. The van der Waals surface area contributed by atoms with E-state index < -0.39 is 10.0 Å². The van der Waals surface area contributed by atoms with Crippen LogP contribution in [0.2, 0.25) is 0 Å². The predicted octanol–water partition coefficient (Wildman–Crippen LogP) is 4.68. The molecular weight excluding hydrogens is 566 g/mol. The van der Waals surface area contributed by atoms with Crippen LogP contribution in [0.4, 0.5) is 5.13 Å². The van der Waals surface area contributed by atoms with Crippen LogP contribution in [0, 0.1) is 0 Å². The van der Waals surface area contributed by atoms with E-state index in [1.54, 1.807) is 17.0 Å². The number of ether oxygens (including phenoxy) is 2. The van der Waals surface area contributed by atoms with Crippen molar-refractivity contribution in [2.75, 3.05) is 31.1 Å². The molecule has 36 heavy (non-hydrogen) atoms. The Morgan fingerprint density at radius 1 is 1.17 bits per heavy atom. The first-order valence-electron chi connectivity index (χ1n) is 12.0. The molecule has 0 aliphatic carbocycles. The number of benzene rings is 2. The number of carbonyl (C=O) groups excluding carboxylic acids is 1. The third-order valence-electron chi connectivity index (χ3n) is 6.35. The Balaban J connectivity index is 1.42. The molecule has 1 aromatic heterocycles. The fourth-order valence-corrected chi connectivity index (χ4v) is 7.76. The van der Waals surface area contributed by atoms with Gasteiger partial charge in [0.2, 0.25) is 10.0 Å². The molecule has 2 aromatic carbocycles. The maximum Gasteiger partial charge on any atom is 0.260 e. The summed E-state index contributed by atoms with van der Waals surface area (Å²) in [5.74, 6) is -0.235. The van der Waals surface area contributed by atoms with Crippen molar-refractivity contribution in [2.24, 2.45) is 0 Å². The average Bonchev–Trinajstić information content (AvgIpc) is 3.51. The zero-order valence-corrected chi connectivity index (χ0v) is 23.3. The summed E-state index contributed by atoms with van der Waals surface area (Å²) in [4.78, 5) is 20.2. The summed E-state index contributed by atoms with van der Waals surface area (Å²) in [6, 6.07) is 12.0. The van der Waals surface area contributed by atoms with E-state index in [2.05, 4.69) is 15.9 Å². The monoisotopic (exact) mass is 593 g/mol. The molecule has 2 saturated heterocycles.